The standard InChI is InChI=1S/C17H19N3O/c21-17(18-14-8-2-1-3-9-14)19-15-10-4-5-11-16(15)20-12-6-7-13-20/h1-5,8-11H,6-7,12-13H2,(H2,18,19,21). The lowest BCUT2D eigenvalue weighted by molar-refractivity contribution is 0.262. The van der Waals surface area contributed by atoms with Crippen molar-refractivity contribution >= 4 is 23.1 Å². The average Bonchev–Trinajstić information content (AvgIpc) is 3.03. The zero-order valence-corrected chi connectivity index (χ0v) is 11.9. The van der Waals surface area contributed by atoms with E-state index < -0.39 is 0 Å². The molecule has 0 spiro atoms. The Bertz CT molecular complexity index is 606. The van der Waals surface area contributed by atoms with Crippen LogP contribution in [0.5, 0.6) is 0 Å². The number of nitrogens with one attached hydrogen (secondary N) is 2. The number of rotatable bonds is 3. The van der Waals surface area contributed by atoms with E-state index in [0.717, 1.165) is 30.2 Å². The highest BCUT2D eigenvalue weighted by molar-refractivity contribution is 6.01. The molecule has 0 bridgehead atoms. The molecule has 0 aliphatic carbocycles. The van der Waals surface area contributed by atoms with Crippen LogP contribution >= 0.6 is 0 Å². The minimum atomic E-state index is -0.215. The van der Waals surface area contributed by atoms with Gasteiger partial charge < -0.3 is 15.5 Å². The fraction of sp³-hybridized carbons (Fsp3) is 0.235. The Morgan fingerprint density at radius 1 is 0.857 bits per heavy atom. The summed E-state index contributed by atoms with van der Waals surface area (Å²) >= 11 is 0. The summed E-state index contributed by atoms with van der Waals surface area (Å²) in [5, 5.41) is 5.78. The maximum absolute atomic E-state index is 12.1. The number of anilines is 3. The van der Waals surface area contributed by atoms with Gasteiger partial charge in [0.2, 0.25) is 0 Å². The van der Waals surface area contributed by atoms with Crippen LogP contribution in [0.4, 0.5) is 21.9 Å². The first-order valence-electron chi connectivity index (χ1n) is 7.30. The highest BCUT2D eigenvalue weighted by Gasteiger charge is 2.16. The summed E-state index contributed by atoms with van der Waals surface area (Å²) in [6, 6.07) is 17.2. The number of carbonyl (C=O) groups excluding carboxylic acids is 1. The first kappa shape index (κ1) is 13.5. The largest absolute Gasteiger partial charge is 0.370 e. The number of hydrogen-bond donors (Lipinski definition) is 2. The number of hydrogen-bond acceptors (Lipinski definition) is 2. The number of amides is 2. The number of nitrogens with zero attached hydrogens (tertiary/aromatic N) is 1. The minimum Gasteiger partial charge on any atom is -0.370 e. The van der Waals surface area contributed by atoms with Crippen molar-refractivity contribution in [3.05, 3.63) is 54.6 Å². The molecule has 1 heterocycles. The van der Waals surface area contributed by atoms with Crippen LogP contribution in [0.25, 0.3) is 0 Å². The van der Waals surface area contributed by atoms with Gasteiger partial charge >= 0.3 is 6.03 Å². The Kier molecular flexibility index (Phi) is 4.05. The van der Waals surface area contributed by atoms with Crippen molar-refractivity contribution in [2.75, 3.05) is 28.6 Å². The van der Waals surface area contributed by atoms with E-state index in [1.165, 1.54) is 12.8 Å². The quantitative estimate of drug-likeness (QED) is 0.895. The Labute approximate surface area is 124 Å². The van der Waals surface area contributed by atoms with E-state index in [1.54, 1.807) is 0 Å². The topological polar surface area (TPSA) is 44.4 Å². The smallest absolute Gasteiger partial charge is 0.323 e. The highest BCUT2D eigenvalue weighted by Crippen LogP contribution is 2.28. The number of para-hydroxylation sites is 3. The molecule has 2 aromatic rings. The molecule has 4 nitrogen and oxygen atoms in total. The van der Waals surface area contributed by atoms with Crippen LogP contribution in [-0.4, -0.2) is 19.1 Å². The van der Waals surface area contributed by atoms with E-state index in [0.29, 0.717) is 0 Å². The van der Waals surface area contributed by atoms with Crippen LogP contribution in [0, 0.1) is 0 Å². The van der Waals surface area contributed by atoms with E-state index in [2.05, 4.69) is 21.6 Å². The average molecular weight is 281 g/mol. The van der Waals surface area contributed by atoms with Crippen molar-refractivity contribution in [3.8, 4) is 0 Å². The number of carbonyl (C=O) groups is 1. The fourth-order valence-corrected chi connectivity index (χ4v) is 2.62. The third kappa shape index (κ3) is 3.34. The van der Waals surface area contributed by atoms with Gasteiger partial charge in [0.1, 0.15) is 0 Å². The molecule has 2 N–H and O–H groups in total. The number of urea groups is 1. The molecule has 3 rings (SSSR count). The first-order chi connectivity index (χ1) is 10.3. The van der Waals surface area contributed by atoms with Gasteiger partial charge in [0.05, 0.1) is 11.4 Å². The van der Waals surface area contributed by atoms with Gasteiger partial charge in [0, 0.05) is 18.8 Å². The van der Waals surface area contributed by atoms with Crippen LogP contribution in [-0.2, 0) is 0 Å². The SMILES string of the molecule is O=C(Nc1ccccc1)Nc1ccccc1N1CCCC1. The van der Waals surface area contributed by atoms with Crippen LogP contribution < -0.4 is 15.5 Å². The Morgan fingerprint density at radius 2 is 1.52 bits per heavy atom. The number of benzene rings is 2. The molecule has 0 aromatic heterocycles. The van der Waals surface area contributed by atoms with Crippen molar-refractivity contribution in [1.29, 1.82) is 0 Å². The molecule has 21 heavy (non-hydrogen) atoms. The second kappa shape index (κ2) is 6.31. The van der Waals surface area contributed by atoms with Gasteiger partial charge in [-0.25, -0.2) is 4.79 Å². The van der Waals surface area contributed by atoms with Gasteiger partial charge in [0.25, 0.3) is 0 Å². The Morgan fingerprint density at radius 3 is 2.29 bits per heavy atom. The summed E-state index contributed by atoms with van der Waals surface area (Å²) in [6.45, 7) is 2.11. The molecular formula is C17H19N3O. The monoisotopic (exact) mass is 281 g/mol. The molecule has 1 aliphatic heterocycles. The van der Waals surface area contributed by atoms with Gasteiger partial charge in [-0.05, 0) is 37.1 Å². The summed E-state index contributed by atoms with van der Waals surface area (Å²) in [6.07, 6.45) is 2.43. The van der Waals surface area contributed by atoms with Gasteiger partial charge in [-0.15, -0.1) is 0 Å². The molecule has 4 heteroatoms. The second-order valence-electron chi connectivity index (χ2n) is 5.16. The molecule has 0 unspecified atom stereocenters. The Balaban J connectivity index is 1.71. The van der Waals surface area contributed by atoms with Crippen molar-refractivity contribution in [2.24, 2.45) is 0 Å². The van der Waals surface area contributed by atoms with E-state index >= 15 is 0 Å². The molecular weight excluding hydrogens is 262 g/mol. The van der Waals surface area contributed by atoms with Gasteiger partial charge in [-0.3, -0.25) is 0 Å². The van der Waals surface area contributed by atoms with Crippen LogP contribution in [0.1, 0.15) is 12.8 Å². The van der Waals surface area contributed by atoms with E-state index in [9.17, 15) is 4.79 Å². The van der Waals surface area contributed by atoms with Crippen LogP contribution in [0.2, 0.25) is 0 Å². The molecule has 2 aromatic carbocycles. The maximum atomic E-state index is 12.1. The van der Waals surface area contributed by atoms with Crippen molar-refractivity contribution < 1.29 is 4.79 Å². The summed E-state index contributed by atoms with van der Waals surface area (Å²) in [7, 11) is 0. The molecule has 2 amide bonds. The summed E-state index contributed by atoms with van der Waals surface area (Å²) < 4.78 is 0. The van der Waals surface area contributed by atoms with Crippen LogP contribution in [0.15, 0.2) is 54.6 Å². The lowest BCUT2D eigenvalue weighted by atomic mass is 10.2. The highest BCUT2D eigenvalue weighted by atomic mass is 16.2. The van der Waals surface area contributed by atoms with E-state index in [4.69, 9.17) is 0 Å². The predicted molar refractivity (Wildman–Crippen MR) is 87.0 cm³/mol. The zero-order valence-electron chi connectivity index (χ0n) is 11.9. The lowest BCUT2D eigenvalue weighted by Gasteiger charge is -2.21. The van der Waals surface area contributed by atoms with Crippen molar-refractivity contribution in [1.82, 2.24) is 0 Å². The van der Waals surface area contributed by atoms with Crippen LogP contribution in [0.3, 0.4) is 0 Å². The predicted octanol–water partition coefficient (Wildman–Crippen LogP) is 3.93. The first-order valence-corrected chi connectivity index (χ1v) is 7.30. The summed E-state index contributed by atoms with van der Waals surface area (Å²) in [5.74, 6) is 0. The van der Waals surface area contributed by atoms with E-state index in [1.807, 2.05) is 48.5 Å². The maximum Gasteiger partial charge on any atom is 0.323 e. The van der Waals surface area contributed by atoms with Crippen molar-refractivity contribution in [3.63, 3.8) is 0 Å². The molecule has 1 fully saturated rings. The second-order valence-corrected chi connectivity index (χ2v) is 5.16. The van der Waals surface area contributed by atoms with E-state index in [-0.39, 0.29) is 6.03 Å². The molecule has 1 saturated heterocycles. The molecule has 108 valence electrons. The third-order valence-electron chi connectivity index (χ3n) is 3.63. The Hall–Kier alpha value is -2.49. The van der Waals surface area contributed by atoms with Gasteiger partial charge in [-0.2, -0.15) is 0 Å². The lowest BCUT2D eigenvalue weighted by Crippen LogP contribution is -2.23. The third-order valence-corrected chi connectivity index (χ3v) is 3.63. The van der Waals surface area contributed by atoms with Crippen molar-refractivity contribution in [2.45, 2.75) is 12.8 Å². The van der Waals surface area contributed by atoms with Gasteiger partial charge in [-0.1, -0.05) is 30.3 Å². The molecule has 0 atom stereocenters. The molecule has 0 saturated carbocycles. The molecule has 1 aliphatic rings. The van der Waals surface area contributed by atoms with Gasteiger partial charge in [0.15, 0.2) is 0 Å². The molecule has 0 radical (unpaired) electrons. The summed E-state index contributed by atoms with van der Waals surface area (Å²) in [5.41, 5.74) is 2.74. The zero-order chi connectivity index (χ0) is 14.5. The summed E-state index contributed by atoms with van der Waals surface area (Å²) in [4.78, 5) is 14.4. The fourth-order valence-electron chi connectivity index (χ4n) is 2.62. The normalized spacial score (nSPS) is 14.0. The minimum absolute atomic E-state index is 0.215.